The van der Waals surface area contributed by atoms with E-state index in [1.54, 1.807) is 0 Å². The Labute approximate surface area is 175 Å². The zero-order valence-corrected chi connectivity index (χ0v) is 15.7. The number of carbonyl (C=O) groups is 2. The lowest BCUT2D eigenvalue weighted by Crippen LogP contribution is -2.22. The molecule has 0 unspecified atom stereocenters. The molecule has 1 aromatic heterocycles. The second-order valence-corrected chi connectivity index (χ2v) is 6.27. The zero-order valence-electron chi connectivity index (χ0n) is 15.7. The topological polar surface area (TPSA) is 86.1 Å². The van der Waals surface area contributed by atoms with Gasteiger partial charge < -0.3 is 10.1 Å². The quantitative estimate of drug-likeness (QED) is 0.460. The van der Waals surface area contributed by atoms with Crippen LogP contribution >= 0.6 is 0 Å². The molecular weight excluding hydrogens is 446 g/mol. The molecule has 0 atom stereocenters. The molecule has 32 heavy (non-hydrogen) atoms. The summed E-state index contributed by atoms with van der Waals surface area (Å²) in [5, 5.41) is 5.95. The smallest absolute Gasteiger partial charge is 0.416 e. The van der Waals surface area contributed by atoms with Crippen LogP contribution in [-0.2, 0) is 21.9 Å². The number of aromatic nitrogens is 3. The fraction of sp³-hybridized carbons (Fsp3) is 0.158. The van der Waals surface area contributed by atoms with Gasteiger partial charge in [-0.05, 0) is 36.4 Å². The van der Waals surface area contributed by atoms with Gasteiger partial charge in [0.1, 0.15) is 12.7 Å². The maximum atomic E-state index is 13.0. The number of hydrogen-bond donors (Lipinski definition) is 1. The molecule has 0 aliphatic rings. The highest BCUT2D eigenvalue weighted by Crippen LogP contribution is 2.33. The summed E-state index contributed by atoms with van der Waals surface area (Å²) in [4.78, 5) is 27.8. The van der Waals surface area contributed by atoms with Gasteiger partial charge in [0.2, 0.25) is 0 Å². The summed E-state index contributed by atoms with van der Waals surface area (Å²) in [5.41, 5.74) is -2.84. The maximum absolute atomic E-state index is 13.0. The molecule has 0 aliphatic carbocycles. The Morgan fingerprint density at radius 2 is 1.66 bits per heavy atom. The van der Waals surface area contributed by atoms with E-state index in [1.807, 2.05) is 0 Å². The third kappa shape index (κ3) is 5.42. The summed E-state index contributed by atoms with van der Waals surface area (Å²) in [6, 6.07) is 5.85. The van der Waals surface area contributed by atoms with Crippen molar-refractivity contribution in [1.82, 2.24) is 14.8 Å². The molecule has 1 amide bonds. The number of rotatable bonds is 5. The van der Waals surface area contributed by atoms with E-state index in [9.17, 15) is 35.9 Å². The number of benzene rings is 2. The van der Waals surface area contributed by atoms with Gasteiger partial charge >= 0.3 is 18.3 Å². The molecule has 0 saturated carbocycles. The van der Waals surface area contributed by atoms with Crippen molar-refractivity contribution in [3.8, 4) is 5.69 Å². The number of amides is 1. The van der Waals surface area contributed by atoms with E-state index in [0.717, 1.165) is 41.3 Å². The monoisotopic (exact) mass is 458 g/mol. The van der Waals surface area contributed by atoms with E-state index in [-0.39, 0.29) is 11.4 Å². The van der Waals surface area contributed by atoms with Crippen molar-refractivity contribution in [3.05, 3.63) is 71.8 Å². The van der Waals surface area contributed by atoms with Crippen molar-refractivity contribution in [2.75, 3.05) is 11.9 Å². The Morgan fingerprint density at radius 3 is 2.28 bits per heavy atom. The molecular formula is C19H12F6N4O3. The van der Waals surface area contributed by atoms with Crippen LogP contribution in [0, 0.1) is 0 Å². The number of hydrogen-bond acceptors (Lipinski definition) is 5. The first-order valence-corrected chi connectivity index (χ1v) is 8.65. The van der Waals surface area contributed by atoms with Crippen molar-refractivity contribution in [2.45, 2.75) is 12.4 Å². The Hall–Kier alpha value is -3.90. The first-order chi connectivity index (χ1) is 14.9. The van der Waals surface area contributed by atoms with E-state index in [4.69, 9.17) is 0 Å². The van der Waals surface area contributed by atoms with Gasteiger partial charge in [-0.3, -0.25) is 4.79 Å². The number of esters is 1. The van der Waals surface area contributed by atoms with E-state index in [0.29, 0.717) is 12.1 Å². The molecule has 7 nitrogen and oxygen atoms in total. The first-order valence-electron chi connectivity index (χ1n) is 8.65. The van der Waals surface area contributed by atoms with Gasteiger partial charge in [0.05, 0.1) is 28.1 Å². The summed E-state index contributed by atoms with van der Waals surface area (Å²) in [6.07, 6.45) is -7.07. The predicted octanol–water partition coefficient (Wildman–Crippen LogP) is 4.10. The second kappa shape index (κ2) is 8.69. The molecule has 13 heteroatoms. The van der Waals surface area contributed by atoms with Crippen LogP contribution < -0.4 is 5.32 Å². The number of anilines is 1. The van der Waals surface area contributed by atoms with Gasteiger partial charge in [-0.1, -0.05) is 6.07 Å². The Balaban J connectivity index is 1.74. The second-order valence-electron chi connectivity index (χ2n) is 6.27. The third-order valence-corrected chi connectivity index (χ3v) is 4.02. The molecule has 0 radical (unpaired) electrons. The number of nitrogens with zero attached hydrogens (tertiary/aromatic N) is 3. The van der Waals surface area contributed by atoms with Crippen molar-refractivity contribution in [3.63, 3.8) is 0 Å². The minimum absolute atomic E-state index is 0.0491. The van der Waals surface area contributed by atoms with Crippen molar-refractivity contribution in [2.24, 2.45) is 0 Å². The molecule has 2 aromatic carbocycles. The lowest BCUT2D eigenvalue weighted by atomic mass is 10.1. The van der Waals surface area contributed by atoms with Gasteiger partial charge in [-0.15, -0.1) is 0 Å². The number of ether oxygens (including phenoxy) is 1. The molecule has 1 N–H and O–H groups in total. The lowest BCUT2D eigenvalue weighted by Gasteiger charge is -2.14. The van der Waals surface area contributed by atoms with Gasteiger partial charge in [0.15, 0.2) is 6.61 Å². The Bertz CT molecular complexity index is 1130. The zero-order chi connectivity index (χ0) is 23.5. The molecule has 168 valence electrons. The Kier molecular flexibility index (Phi) is 6.18. The standard InChI is InChI=1S/C19H12F6N4O3/c20-18(21,22)12-3-1-2-11(6-12)17(31)32-8-16(30)28-14-7-13(19(23,24)25)4-5-15(14)29-10-26-9-27-29/h1-7,9-10H,8H2,(H,28,30). The molecule has 0 saturated heterocycles. The molecule has 0 bridgehead atoms. The molecule has 0 spiro atoms. The molecule has 3 aromatic rings. The van der Waals surface area contributed by atoms with Gasteiger partial charge in [-0.2, -0.15) is 31.4 Å². The normalized spacial score (nSPS) is 11.8. The van der Waals surface area contributed by atoms with Crippen LogP contribution in [0.5, 0.6) is 0 Å². The minimum Gasteiger partial charge on any atom is -0.452 e. The average Bonchev–Trinajstić information content (AvgIpc) is 3.25. The molecule has 1 heterocycles. The number of halogens is 6. The lowest BCUT2D eigenvalue weighted by molar-refractivity contribution is -0.138. The van der Waals surface area contributed by atoms with Crippen LogP contribution in [0.2, 0.25) is 0 Å². The predicted molar refractivity (Wildman–Crippen MR) is 96.7 cm³/mol. The fourth-order valence-electron chi connectivity index (χ4n) is 2.57. The van der Waals surface area contributed by atoms with E-state index < -0.39 is 47.5 Å². The SMILES string of the molecule is O=C(COC(=O)c1cccc(C(F)(F)F)c1)Nc1cc(C(F)(F)F)ccc1-n1cncn1. The summed E-state index contributed by atoms with van der Waals surface area (Å²) in [6.45, 7) is -0.956. The molecule has 0 fully saturated rings. The van der Waals surface area contributed by atoms with Crippen LogP contribution in [0.25, 0.3) is 5.69 Å². The Morgan fingerprint density at radius 1 is 0.969 bits per heavy atom. The number of alkyl halides is 6. The van der Waals surface area contributed by atoms with Crippen LogP contribution in [0.4, 0.5) is 32.0 Å². The highest BCUT2D eigenvalue weighted by atomic mass is 19.4. The molecule has 3 rings (SSSR count). The van der Waals surface area contributed by atoms with Gasteiger partial charge in [0, 0.05) is 0 Å². The maximum Gasteiger partial charge on any atom is 0.416 e. The van der Waals surface area contributed by atoms with E-state index in [1.165, 1.54) is 6.33 Å². The number of carbonyl (C=O) groups excluding carboxylic acids is 2. The van der Waals surface area contributed by atoms with E-state index in [2.05, 4.69) is 20.1 Å². The van der Waals surface area contributed by atoms with E-state index >= 15 is 0 Å². The van der Waals surface area contributed by atoms with Crippen LogP contribution in [-0.4, -0.2) is 33.2 Å². The van der Waals surface area contributed by atoms with Gasteiger partial charge in [0.25, 0.3) is 5.91 Å². The van der Waals surface area contributed by atoms with Crippen LogP contribution in [0.3, 0.4) is 0 Å². The first kappa shape index (κ1) is 22.8. The summed E-state index contributed by atoms with van der Waals surface area (Å²) in [7, 11) is 0. The molecule has 0 aliphatic heterocycles. The minimum atomic E-state index is -4.70. The summed E-state index contributed by atoms with van der Waals surface area (Å²) in [5.74, 6) is -2.24. The fourth-order valence-corrected chi connectivity index (χ4v) is 2.57. The van der Waals surface area contributed by atoms with Crippen LogP contribution in [0.1, 0.15) is 21.5 Å². The highest BCUT2D eigenvalue weighted by Gasteiger charge is 2.32. The van der Waals surface area contributed by atoms with Crippen LogP contribution in [0.15, 0.2) is 55.1 Å². The van der Waals surface area contributed by atoms with Crippen molar-refractivity contribution >= 4 is 17.6 Å². The van der Waals surface area contributed by atoms with Crippen molar-refractivity contribution < 1.29 is 40.7 Å². The largest absolute Gasteiger partial charge is 0.452 e. The number of nitrogens with one attached hydrogen (secondary N) is 1. The summed E-state index contributed by atoms with van der Waals surface area (Å²) < 4.78 is 83.2. The van der Waals surface area contributed by atoms with Crippen molar-refractivity contribution in [1.29, 1.82) is 0 Å². The average molecular weight is 458 g/mol. The van der Waals surface area contributed by atoms with Gasteiger partial charge in [-0.25, -0.2) is 14.5 Å². The summed E-state index contributed by atoms with van der Waals surface area (Å²) >= 11 is 0. The highest BCUT2D eigenvalue weighted by molar-refractivity contribution is 5.96. The third-order valence-electron chi connectivity index (χ3n) is 4.02.